The van der Waals surface area contributed by atoms with Crippen LogP contribution in [0.1, 0.15) is 124 Å². The number of carbonyl (C=O) groups is 5. The molecule has 13 nitrogen and oxygen atoms in total. The summed E-state index contributed by atoms with van der Waals surface area (Å²) in [7, 11) is 0. The molecule has 0 aliphatic carbocycles. The van der Waals surface area contributed by atoms with Crippen LogP contribution in [0.2, 0.25) is 0 Å². The Balaban J connectivity index is 0.990. The molecule has 5 aromatic carbocycles. The number of amides is 5. The van der Waals surface area contributed by atoms with Gasteiger partial charge >= 0.3 is 5.63 Å². The second-order valence-corrected chi connectivity index (χ2v) is 18.1. The number of nitrogens with one attached hydrogen (secondary N) is 5. The monoisotopic (exact) mass is 870 g/mol. The van der Waals surface area contributed by atoms with E-state index in [0.717, 1.165) is 77.8 Å². The van der Waals surface area contributed by atoms with Crippen molar-refractivity contribution in [2.75, 3.05) is 23.3 Å². The smallest absolute Gasteiger partial charge is 0.349 e. The number of fused-ring (bicyclic) bond motifs is 2. The van der Waals surface area contributed by atoms with E-state index in [0.29, 0.717) is 22.1 Å². The van der Waals surface area contributed by atoms with E-state index < -0.39 is 23.3 Å². The molecule has 5 N–H and O–H groups in total. The Kier molecular flexibility index (Phi) is 11.5. The van der Waals surface area contributed by atoms with E-state index in [1.165, 1.54) is 23.8 Å². The maximum absolute atomic E-state index is 13.9. The standard InChI is InChI=1S/C52H50N6O7/c1-52(2,3)40-21-36-19-37(22-40)47(60)54-27-31-10-14-33(15-11-31)29-56-49(62)39-20-38(48(61)55-28-32-12-8-30(9-13-32)26-53-46(36)59)23-41(24-39)57-50(63)43-25-35-18-34-6-4-16-58-17-5-7-42(44(34)58)45(35)65-51(43)64/h8-15,18-25H,4-7,16-17,26-29H2,1-3H3,(H,53,59)(H,54,60)(H,55,61)(H,56,62)(H,57,63). The van der Waals surface area contributed by atoms with Crippen molar-refractivity contribution < 1.29 is 28.4 Å². The van der Waals surface area contributed by atoms with Gasteiger partial charge in [-0.25, -0.2) is 4.79 Å². The maximum Gasteiger partial charge on any atom is 0.349 e. The number of rotatable bonds is 2. The molecule has 5 amide bonds. The first-order valence-electron chi connectivity index (χ1n) is 22.0. The highest BCUT2D eigenvalue weighted by Gasteiger charge is 2.28. The molecule has 8 bridgehead atoms. The van der Waals surface area contributed by atoms with Crippen molar-refractivity contribution in [2.45, 2.75) is 78.0 Å². The van der Waals surface area contributed by atoms with Crippen molar-refractivity contribution in [3.63, 3.8) is 0 Å². The van der Waals surface area contributed by atoms with Crippen molar-refractivity contribution in [3.8, 4) is 0 Å². The Labute approximate surface area is 376 Å². The number of benzene rings is 5. The van der Waals surface area contributed by atoms with Crippen molar-refractivity contribution in [1.82, 2.24) is 21.3 Å². The molecule has 0 atom stereocenters. The van der Waals surface area contributed by atoms with Gasteiger partial charge in [0.2, 0.25) is 0 Å². The average molecular weight is 871 g/mol. The highest BCUT2D eigenvalue weighted by atomic mass is 16.4. The zero-order valence-electron chi connectivity index (χ0n) is 36.6. The fourth-order valence-electron chi connectivity index (χ4n) is 8.77. The second kappa shape index (κ2) is 17.6. The molecule has 0 spiro atoms. The van der Waals surface area contributed by atoms with E-state index >= 15 is 0 Å². The lowest BCUT2D eigenvalue weighted by Crippen LogP contribution is -2.34. The summed E-state index contributed by atoms with van der Waals surface area (Å²) in [6, 6.07) is 27.9. The maximum atomic E-state index is 13.9. The van der Waals surface area contributed by atoms with Gasteiger partial charge in [0.1, 0.15) is 11.1 Å². The molecule has 6 aromatic rings. The molecule has 0 saturated carbocycles. The lowest BCUT2D eigenvalue weighted by atomic mass is 9.85. The normalized spacial score (nSPS) is 15.7. The Bertz CT molecular complexity index is 2850. The van der Waals surface area contributed by atoms with Gasteiger partial charge in [-0.05, 0) is 113 Å². The molecule has 1 aromatic heterocycles. The number of anilines is 2. The van der Waals surface area contributed by atoms with Crippen LogP contribution < -0.4 is 37.1 Å². The highest BCUT2D eigenvalue weighted by Crippen LogP contribution is 2.40. The van der Waals surface area contributed by atoms with Crippen LogP contribution in [-0.2, 0) is 44.4 Å². The van der Waals surface area contributed by atoms with Gasteiger partial charge in [-0.3, -0.25) is 24.0 Å². The van der Waals surface area contributed by atoms with E-state index in [-0.39, 0.29) is 65.8 Å². The summed E-state index contributed by atoms with van der Waals surface area (Å²) in [6.45, 7) is 8.76. The lowest BCUT2D eigenvalue weighted by Gasteiger charge is -2.37. The van der Waals surface area contributed by atoms with Crippen molar-refractivity contribution in [2.24, 2.45) is 0 Å². The molecule has 6 aliphatic heterocycles. The molecule has 0 saturated heterocycles. The molecular formula is C52H50N6O7. The summed E-state index contributed by atoms with van der Waals surface area (Å²) in [6.07, 6.45) is 3.66. The molecule has 7 heterocycles. The lowest BCUT2D eigenvalue weighted by molar-refractivity contribution is 0.0935. The Morgan fingerprint density at radius 2 is 1.03 bits per heavy atom. The van der Waals surface area contributed by atoms with Crippen LogP contribution in [0.3, 0.4) is 0 Å². The minimum absolute atomic E-state index is 0.111. The third-order valence-corrected chi connectivity index (χ3v) is 12.4. The Morgan fingerprint density at radius 3 is 1.49 bits per heavy atom. The predicted octanol–water partition coefficient (Wildman–Crippen LogP) is 7.08. The third-order valence-electron chi connectivity index (χ3n) is 12.4. The Hall–Kier alpha value is -7.54. The van der Waals surface area contributed by atoms with Gasteiger partial charge < -0.3 is 35.9 Å². The summed E-state index contributed by atoms with van der Waals surface area (Å²) in [5.41, 5.74) is 7.71. The quantitative estimate of drug-likeness (QED) is 0.115. The van der Waals surface area contributed by atoms with Gasteiger partial charge in [-0.1, -0.05) is 69.3 Å². The van der Waals surface area contributed by atoms with Gasteiger partial charge in [-0.2, -0.15) is 0 Å². The second-order valence-electron chi connectivity index (χ2n) is 18.1. The van der Waals surface area contributed by atoms with E-state index in [1.807, 2.05) is 87.5 Å². The van der Waals surface area contributed by atoms with Crippen LogP contribution >= 0.6 is 0 Å². The van der Waals surface area contributed by atoms with E-state index in [4.69, 9.17) is 4.42 Å². The number of aryl methyl sites for hydroxylation is 2. The number of hydrogen-bond acceptors (Lipinski definition) is 8. The summed E-state index contributed by atoms with van der Waals surface area (Å²) in [5.74, 6) is -2.36. The zero-order chi connectivity index (χ0) is 45.4. The van der Waals surface area contributed by atoms with Crippen LogP contribution in [0, 0.1) is 0 Å². The van der Waals surface area contributed by atoms with Gasteiger partial charge in [-0.15, -0.1) is 0 Å². The third kappa shape index (κ3) is 9.26. The van der Waals surface area contributed by atoms with Crippen molar-refractivity contribution in [3.05, 3.63) is 174 Å². The molecule has 0 unspecified atom stereocenters. The summed E-state index contributed by atoms with van der Waals surface area (Å²) >= 11 is 0. The minimum Gasteiger partial charge on any atom is -0.422 e. The first-order valence-corrected chi connectivity index (χ1v) is 22.0. The van der Waals surface area contributed by atoms with Crippen LogP contribution in [0.4, 0.5) is 11.4 Å². The van der Waals surface area contributed by atoms with E-state index in [9.17, 15) is 28.8 Å². The fraction of sp³-hybridized carbons (Fsp3) is 0.269. The largest absolute Gasteiger partial charge is 0.422 e. The summed E-state index contributed by atoms with van der Waals surface area (Å²) < 4.78 is 5.88. The van der Waals surface area contributed by atoms with Crippen LogP contribution in [0.5, 0.6) is 0 Å². The van der Waals surface area contributed by atoms with Gasteiger partial charge in [0.15, 0.2) is 0 Å². The fourth-order valence-corrected chi connectivity index (χ4v) is 8.77. The first-order chi connectivity index (χ1) is 31.2. The number of nitrogens with zero attached hydrogens (tertiary/aromatic N) is 1. The van der Waals surface area contributed by atoms with Crippen LogP contribution in [0.25, 0.3) is 11.0 Å². The van der Waals surface area contributed by atoms with Crippen LogP contribution in [0.15, 0.2) is 106 Å². The molecule has 65 heavy (non-hydrogen) atoms. The minimum atomic E-state index is -0.778. The van der Waals surface area contributed by atoms with Crippen molar-refractivity contribution >= 4 is 51.9 Å². The summed E-state index contributed by atoms with van der Waals surface area (Å²) in [5, 5.41) is 15.2. The average Bonchev–Trinajstić information content (AvgIpc) is 3.31. The van der Waals surface area contributed by atoms with Crippen molar-refractivity contribution in [1.29, 1.82) is 0 Å². The topological polar surface area (TPSA) is 179 Å². The molecule has 13 heteroatoms. The van der Waals surface area contributed by atoms with Gasteiger partial charge in [0.05, 0.1) is 0 Å². The number of hydrogen-bond donors (Lipinski definition) is 5. The van der Waals surface area contributed by atoms with Gasteiger partial charge in [0.25, 0.3) is 29.5 Å². The summed E-state index contributed by atoms with van der Waals surface area (Å²) in [4.78, 5) is 84.2. The zero-order valence-corrected chi connectivity index (χ0v) is 36.6. The molecule has 12 rings (SSSR count). The molecule has 6 aliphatic rings. The first kappa shape index (κ1) is 42.7. The molecular weight excluding hydrogens is 821 g/mol. The highest BCUT2D eigenvalue weighted by molar-refractivity contribution is 6.08. The number of carbonyl (C=O) groups excluding carboxylic acids is 5. The van der Waals surface area contributed by atoms with Crippen LogP contribution in [-0.4, -0.2) is 42.6 Å². The van der Waals surface area contributed by atoms with Gasteiger partial charge in [0, 0.05) is 83.8 Å². The molecule has 0 fully saturated rings. The predicted molar refractivity (Wildman–Crippen MR) is 248 cm³/mol. The SMILES string of the molecule is CC(C)(C)c1cc2cc(c1)C(=O)NCc1ccc(cc1)CNC(=O)c1cc(NC(=O)c3cc4cc5c6c(c4oc3=O)CCCN6CCC5)cc(c1)C(=O)NCc1ccc(cc1)CNC2=O. The van der Waals surface area contributed by atoms with E-state index in [1.54, 1.807) is 12.1 Å². The molecule has 0 radical (unpaired) electrons. The Morgan fingerprint density at radius 1 is 0.585 bits per heavy atom. The van der Waals surface area contributed by atoms with E-state index in [2.05, 4.69) is 31.5 Å². The molecule has 330 valence electrons.